The normalized spacial score (nSPS) is 14.1. The zero-order chi connectivity index (χ0) is 20.9. The molecule has 152 valence electrons. The minimum Gasteiger partial charge on any atom is -0.334 e. The Labute approximate surface area is 170 Å². The van der Waals surface area contributed by atoms with E-state index < -0.39 is 5.66 Å². The molecule has 1 N–H and O–H groups in total. The summed E-state index contributed by atoms with van der Waals surface area (Å²) >= 11 is 0. The van der Waals surface area contributed by atoms with Crippen molar-refractivity contribution >= 4 is 16.8 Å². The summed E-state index contributed by atoms with van der Waals surface area (Å²) < 4.78 is 0. The lowest BCUT2D eigenvalue weighted by molar-refractivity contribution is -0.132. The molecule has 1 aliphatic rings. The maximum absolute atomic E-state index is 12.9. The molecule has 0 radical (unpaired) electrons. The fourth-order valence-corrected chi connectivity index (χ4v) is 3.14. The van der Waals surface area contributed by atoms with Crippen LogP contribution in [-0.4, -0.2) is 58.5 Å². The second-order valence-electron chi connectivity index (χ2n) is 7.53. The lowest BCUT2D eigenvalue weighted by atomic mass is 10.0. The molecule has 29 heavy (non-hydrogen) atoms. The van der Waals surface area contributed by atoms with Crippen LogP contribution in [0.25, 0.3) is 10.9 Å². The molecule has 2 aromatic rings. The Morgan fingerprint density at radius 2 is 1.97 bits per heavy atom. The molecule has 0 unspecified atom stereocenters. The Morgan fingerprint density at radius 3 is 2.66 bits per heavy atom. The van der Waals surface area contributed by atoms with Crippen LogP contribution < -0.4 is 5.56 Å². The number of H-pyrrole nitrogens is 1. The molecular formula is C21H26N6O2. The Morgan fingerprint density at radius 1 is 1.21 bits per heavy atom. The number of terminal acetylenes is 1. The topological polar surface area (TPSA) is 94.0 Å². The number of likely N-dealkylation sites (N-methyl/N-ethyl adjacent to an activating group) is 1. The standard InChI is InChI=1S/C21H26N6O2/c1-4-5-11-21(24-25-21)12-10-19(28)27(14-13-26(2)3)15-18-22-17-9-7-6-8-16(17)20(29)23-18/h1,6-9H,5,10-15H2,2-3H3,(H,22,23,29). The lowest BCUT2D eigenvalue weighted by Crippen LogP contribution is -2.37. The maximum atomic E-state index is 12.9. The third kappa shape index (κ3) is 5.48. The maximum Gasteiger partial charge on any atom is 0.258 e. The summed E-state index contributed by atoms with van der Waals surface area (Å²) in [6.45, 7) is 1.49. The molecule has 2 heterocycles. The van der Waals surface area contributed by atoms with E-state index >= 15 is 0 Å². The van der Waals surface area contributed by atoms with Crippen LogP contribution in [0.4, 0.5) is 0 Å². The van der Waals surface area contributed by atoms with Gasteiger partial charge < -0.3 is 14.8 Å². The largest absolute Gasteiger partial charge is 0.334 e. The van der Waals surface area contributed by atoms with Gasteiger partial charge in [-0.05, 0) is 26.2 Å². The number of fused-ring (bicyclic) bond motifs is 1. The zero-order valence-corrected chi connectivity index (χ0v) is 16.9. The van der Waals surface area contributed by atoms with Crippen molar-refractivity contribution < 1.29 is 4.79 Å². The molecule has 0 saturated heterocycles. The van der Waals surface area contributed by atoms with Gasteiger partial charge in [0.1, 0.15) is 5.82 Å². The molecule has 0 spiro atoms. The Balaban J connectivity index is 1.70. The molecule has 1 aromatic heterocycles. The third-order valence-corrected chi connectivity index (χ3v) is 4.96. The number of benzene rings is 1. The number of carbonyl (C=O) groups excluding carboxylic acids is 1. The van der Waals surface area contributed by atoms with E-state index in [9.17, 15) is 9.59 Å². The molecule has 1 aliphatic heterocycles. The summed E-state index contributed by atoms with van der Waals surface area (Å²) in [4.78, 5) is 36.3. The van der Waals surface area contributed by atoms with Gasteiger partial charge in [-0.1, -0.05) is 12.1 Å². The highest BCUT2D eigenvalue weighted by atomic mass is 16.2. The van der Waals surface area contributed by atoms with Crippen LogP contribution in [0.1, 0.15) is 31.5 Å². The van der Waals surface area contributed by atoms with Gasteiger partial charge in [0.05, 0.1) is 17.4 Å². The first-order valence-electron chi connectivity index (χ1n) is 9.70. The first-order chi connectivity index (χ1) is 13.9. The average Bonchev–Trinajstić information content (AvgIpc) is 3.48. The number of aromatic amines is 1. The molecule has 3 rings (SSSR count). The van der Waals surface area contributed by atoms with Crippen LogP contribution in [0.5, 0.6) is 0 Å². The van der Waals surface area contributed by atoms with Crippen molar-refractivity contribution in [2.45, 2.75) is 37.9 Å². The van der Waals surface area contributed by atoms with E-state index in [1.807, 2.05) is 25.1 Å². The van der Waals surface area contributed by atoms with E-state index in [-0.39, 0.29) is 18.0 Å². The van der Waals surface area contributed by atoms with Gasteiger partial charge in [0, 0.05) is 38.8 Å². The zero-order valence-electron chi connectivity index (χ0n) is 16.9. The lowest BCUT2D eigenvalue weighted by Gasteiger charge is -2.24. The Hall–Kier alpha value is -3.05. The summed E-state index contributed by atoms with van der Waals surface area (Å²) in [5.41, 5.74) is -0.0606. The van der Waals surface area contributed by atoms with Gasteiger partial charge in [-0.15, -0.1) is 12.3 Å². The number of nitrogens with zero attached hydrogens (tertiary/aromatic N) is 5. The van der Waals surface area contributed by atoms with Crippen LogP contribution in [0.3, 0.4) is 0 Å². The van der Waals surface area contributed by atoms with Gasteiger partial charge in [0.15, 0.2) is 5.66 Å². The molecule has 0 bridgehead atoms. The smallest absolute Gasteiger partial charge is 0.258 e. The van der Waals surface area contributed by atoms with Gasteiger partial charge in [-0.3, -0.25) is 9.59 Å². The average molecular weight is 394 g/mol. The fraction of sp³-hybridized carbons (Fsp3) is 0.476. The molecule has 8 nitrogen and oxygen atoms in total. The number of carbonyl (C=O) groups is 1. The van der Waals surface area contributed by atoms with Crippen LogP contribution >= 0.6 is 0 Å². The van der Waals surface area contributed by atoms with Crippen molar-refractivity contribution in [1.82, 2.24) is 19.8 Å². The number of rotatable bonds is 10. The summed E-state index contributed by atoms with van der Waals surface area (Å²) in [6, 6.07) is 7.17. The van der Waals surface area contributed by atoms with Gasteiger partial charge in [-0.25, -0.2) is 4.98 Å². The Kier molecular flexibility index (Phi) is 6.39. The Bertz CT molecular complexity index is 998. The van der Waals surface area contributed by atoms with Crippen LogP contribution in [0.2, 0.25) is 0 Å². The van der Waals surface area contributed by atoms with Crippen molar-refractivity contribution in [1.29, 1.82) is 0 Å². The van der Waals surface area contributed by atoms with E-state index in [4.69, 9.17) is 6.42 Å². The highest BCUT2D eigenvalue weighted by Gasteiger charge is 2.39. The van der Waals surface area contributed by atoms with Crippen LogP contribution in [-0.2, 0) is 11.3 Å². The molecule has 0 fully saturated rings. The number of para-hydroxylation sites is 1. The van der Waals surface area contributed by atoms with Crippen molar-refractivity contribution in [3.05, 3.63) is 40.4 Å². The SMILES string of the molecule is C#CCCC1(CCC(=O)N(CCN(C)C)Cc2nc3ccccc3c(=O)[nH]2)N=N1. The minimum absolute atomic E-state index is 0.0139. The first-order valence-corrected chi connectivity index (χ1v) is 9.70. The minimum atomic E-state index is -0.481. The monoisotopic (exact) mass is 394 g/mol. The number of nitrogens with one attached hydrogen (secondary N) is 1. The molecule has 1 aromatic carbocycles. The van der Waals surface area contributed by atoms with Gasteiger partial charge >= 0.3 is 0 Å². The van der Waals surface area contributed by atoms with Crippen molar-refractivity contribution in [3.8, 4) is 12.3 Å². The second-order valence-corrected chi connectivity index (χ2v) is 7.53. The van der Waals surface area contributed by atoms with E-state index in [1.165, 1.54) is 0 Å². The van der Waals surface area contributed by atoms with Crippen molar-refractivity contribution in [2.75, 3.05) is 27.2 Å². The molecule has 1 amide bonds. The number of aromatic nitrogens is 2. The summed E-state index contributed by atoms with van der Waals surface area (Å²) in [5.74, 6) is 3.06. The summed E-state index contributed by atoms with van der Waals surface area (Å²) in [5, 5.41) is 8.73. The number of amides is 1. The molecule has 0 atom stereocenters. The number of hydrogen-bond acceptors (Lipinski definition) is 6. The van der Waals surface area contributed by atoms with Crippen molar-refractivity contribution in [2.24, 2.45) is 10.2 Å². The van der Waals surface area contributed by atoms with Gasteiger partial charge in [0.2, 0.25) is 5.91 Å². The van der Waals surface area contributed by atoms with Crippen molar-refractivity contribution in [3.63, 3.8) is 0 Å². The quantitative estimate of drug-likeness (QED) is 0.625. The van der Waals surface area contributed by atoms with E-state index in [2.05, 4.69) is 26.1 Å². The molecular weight excluding hydrogens is 368 g/mol. The molecule has 0 aliphatic carbocycles. The van der Waals surface area contributed by atoms with Gasteiger partial charge in [0.25, 0.3) is 5.56 Å². The van der Waals surface area contributed by atoms with E-state index in [0.717, 1.165) is 0 Å². The second kappa shape index (κ2) is 8.97. The molecule has 8 heteroatoms. The third-order valence-electron chi connectivity index (χ3n) is 4.96. The summed E-state index contributed by atoms with van der Waals surface area (Å²) in [7, 11) is 3.91. The first kappa shape index (κ1) is 20.7. The van der Waals surface area contributed by atoms with Crippen LogP contribution in [0.15, 0.2) is 39.3 Å². The fourth-order valence-electron chi connectivity index (χ4n) is 3.14. The van der Waals surface area contributed by atoms with Gasteiger partial charge in [-0.2, -0.15) is 10.2 Å². The highest BCUT2D eigenvalue weighted by Crippen LogP contribution is 2.37. The van der Waals surface area contributed by atoms with E-state index in [0.29, 0.717) is 55.5 Å². The summed E-state index contributed by atoms with van der Waals surface area (Å²) in [6.07, 6.45) is 7.46. The van der Waals surface area contributed by atoms with Crippen LogP contribution in [0, 0.1) is 12.3 Å². The molecule has 0 saturated carbocycles. The highest BCUT2D eigenvalue weighted by molar-refractivity contribution is 5.78. The van der Waals surface area contributed by atoms with E-state index in [1.54, 1.807) is 23.1 Å². The number of hydrogen-bond donors (Lipinski definition) is 1. The predicted octanol–water partition coefficient (Wildman–Crippen LogP) is 2.17. The predicted molar refractivity (Wildman–Crippen MR) is 111 cm³/mol.